The predicted molar refractivity (Wildman–Crippen MR) is 79.8 cm³/mol. The number of benzene rings is 1. The van der Waals surface area contributed by atoms with Crippen LogP contribution in [0.15, 0.2) is 30.5 Å². The summed E-state index contributed by atoms with van der Waals surface area (Å²) < 4.78 is 11.9. The van der Waals surface area contributed by atoms with Gasteiger partial charge >= 0.3 is 0 Å². The van der Waals surface area contributed by atoms with E-state index in [0.717, 1.165) is 29.5 Å². The van der Waals surface area contributed by atoms with Crippen LogP contribution in [0.25, 0.3) is 10.9 Å². The molecule has 2 heterocycles. The van der Waals surface area contributed by atoms with Gasteiger partial charge in [0.2, 0.25) is 0 Å². The van der Waals surface area contributed by atoms with E-state index in [4.69, 9.17) is 15.2 Å². The van der Waals surface area contributed by atoms with Gasteiger partial charge in [-0.05, 0) is 38.1 Å². The van der Waals surface area contributed by atoms with Crippen LogP contribution in [-0.4, -0.2) is 23.3 Å². The molecule has 0 saturated carbocycles. The van der Waals surface area contributed by atoms with Gasteiger partial charge in [0.25, 0.3) is 0 Å². The Bertz CT molecular complexity index is 604. The van der Waals surface area contributed by atoms with Crippen molar-refractivity contribution in [3.63, 3.8) is 0 Å². The molecule has 106 valence electrons. The number of nitrogen functional groups attached to an aromatic ring is 1. The number of hydrogen-bond acceptors (Lipinski definition) is 4. The van der Waals surface area contributed by atoms with Gasteiger partial charge < -0.3 is 15.2 Å². The molecule has 0 spiro atoms. The first-order valence-electron chi connectivity index (χ1n) is 7.09. The highest BCUT2D eigenvalue weighted by molar-refractivity contribution is 5.93. The fourth-order valence-corrected chi connectivity index (χ4v) is 2.89. The van der Waals surface area contributed by atoms with Gasteiger partial charge in [0.05, 0.1) is 23.4 Å². The van der Waals surface area contributed by atoms with Crippen LogP contribution in [0.2, 0.25) is 0 Å². The van der Waals surface area contributed by atoms with E-state index in [-0.39, 0.29) is 18.3 Å². The van der Waals surface area contributed by atoms with Crippen LogP contribution in [-0.2, 0) is 4.74 Å². The third kappa shape index (κ3) is 2.56. The first-order chi connectivity index (χ1) is 9.63. The monoisotopic (exact) mass is 272 g/mol. The second kappa shape index (κ2) is 5.29. The molecule has 3 rings (SSSR count). The van der Waals surface area contributed by atoms with Crippen LogP contribution in [0.3, 0.4) is 0 Å². The van der Waals surface area contributed by atoms with E-state index in [0.29, 0.717) is 5.69 Å². The van der Waals surface area contributed by atoms with E-state index in [1.54, 1.807) is 6.20 Å². The lowest BCUT2D eigenvalue weighted by molar-refractivity contribution is -0.0718. The Morgan fingerprint density at radius 2 is 1.95 bits per heavy atom. The summed E-state index contributed by atoms with van der Waals surface area (Å²) in [6.07, 6.45) is 4.23. The number of aromatic nitrogens is 1. The van der Waals surface area contributed by atoms with E-state index in [1.165, 1.54) is 0 Å². The first kappa shape index (κ1) is 13.2. The van der Waals surface area contributed by atoms with Crippen LogP contribution in [0, 0.1) is 0 Å². The van der Waals surface area contributed by atoms with Gasteiger partial charge in [-0.3, -0.25) is 4.98 Å². The highest BCUT2D eigenvalue weighted by atomic mass is 16.5. The molecule has 4 nitrogen and oxygen atoms in total. The molecule has 0 radical (unpaired) electrons. The molecule has 2 atom stereocenters. The average molecular weight is 272 g/mol. The van der Waals surface area contributed by atoms with Gasteiger partial charge in [-0.1, -0.05) is 0 Å². The lowest BCUT2D eigenvalue weighted by Gasteiger charge is -2.32. The Labute approximate surface area is 118 Å². The Morgan fingerprint density at radius 1 is 1.20 bits per heavy atom. The lowest BCUT2D eigenvalue weighted by atomic mass is 10.0. The first-order valence-corrected chi connectivity index (χ1v) is 7.09. The van der Waals surface area contributed by atoms with Crippen molar-refractivity contribution < 1.29 is 9.47 Å². The van der Waals surface area contributed by atoms with E-state index >= 15 is 0 Å². The smallest absolute Gasteiger partial charge is 0.129 e. The summed E-state index contributed by atoms with van der Waals surface area (Å²) in [6.45, 7) is 4.18. The van der Waals surface area contributed by atoms with Crippen molar-refractivity contribution in [2.45, 2.75) is 45.0 Å². The normalized spacial score (nSPS) is 26.6. The minimum Gasteiger partial charge on any atom is -0.490 e. The van der Waals surface area contributed by atoms with E-state index < -0.39 is 0 Å². The molecule has 0 aliphatic carbocycles. The van der Waals surface area contributed by atoms with Crippen molar-refractivity contribution in [2.75, 3.05) is 5.73 Å². The Kier molecular flexibility index (Phi) is 3.49. The number of nitrogens with zero attached hydrogens (tertiary/aromatic N) is 1. The molecule has 20 heavy (non-hydrogen) atoms. The molecule has 1 aliphatic heterocycles. The zero-order valence-electron chi connectivity index (χ0n) is 11.9. The van der Waals surface area contributed by atoms with Gasteiger partial charge in [0.1, 0.15) is 11.9 Å². The van der Waals surface area contributed by atoms with Gasteiger partial charge in [0.15, 0.2) is 0 Å². The molecule has 1 aromatic carbocycles. The molecule has 1 fully saturated rings. The summed E-state index contributed by atoms with van der Waals surface area (Å²) >= 11 is 0. The van der Waals surface area contributed by atoms with Crippen molar-refractivity contribution in [1.29, 1.82) is 0 Å². The second-order valence-corrected chi connectivity index (χ2v) is 5.52. The number of ether oxygens (including phenoxy) is 2. The molecular formula is C16H20N2O2. The highest BCUT2D eigenvalue weighted by Gasteiger charge is 2.26. The van der Waals surface area contributed by atoms with Crippen LogP contribution >= 0.6 is 0 Å². The summed E-state index contributed by atoms with van der Waals surface area (Å²) in [5, 5.41) is 0.972. The minimum atomic E-state index is 0.181. The SMILES string of the molecule is CC1CC(Oc2ccc(N)c3ncccc23)CC(C)O1. The molecular weight excluding hydrogens is 252 g/mol. The fraction of sp³-hybridized carbons (Fsp3) is 0.438. The van der Waals surface area contributed by atoms with Crippen molar-refractivity contribution in [1.82, 2.24) is 4.98 Å². The van der Waals surface area contributed by atoms with Gasteiger partial charge in [-0.2, -0.15) is 0 Å². The van der Waals surface area contributed by atoms with Crippen molar-refractivity contribution in [3.8, 4) is 5.75 Å². The predicted octanol–water partition coefficient (Wildman–Crippen LogP) is 3.15. The van der Waals surface area contributed by atoms with Crippen molar-refractivity contribution in [3.05, 3.63) is 30.5 Å². The highest BCUT2D eigenvalue weighted by Crippen LogP contribution is 2.31. The maximum atomic E-state index is 6.19. The van der Waals surface area contributed by atoms with Gasteiger partial charge in [-0.15, -0.1) is 0 Å². The molecule has 0 amide bonds. The molecule has 2 N–H and O–H groups in total. The second-order valence-electron chi connectivity index (χ2n) is 5.52. The van der Waals surface area contributed by atoms with Gasteiger partial charge in [-0.25, -0.2) is 0 Å². The Balaban J connectivity index is 1.89. The molecule has 2 unspecified atom stereocenters. The standard InChI is InChI=1S/C16H20N2O2/c1-10-8-12(9-11(2)19-10)20-15-6-5-14(17)16-13(15)4-3-7-18-16/h3-7,10-12H,8-9,17H2,1-2H3. The number of hydrogen-bond donors (Lipinski definition) is 1. The summed E-state index contributed by atoms with van der Waals surface area (Å²) in [7, 11) is 0. The topological polar surface area (TPSA) is 57.4 Å². The molecule has 2 aromatic rings. The van der Waals surface area contributed by atoms with Crippen molar-refractivity contribution >= 4 is 16.6 Å². The maximum Gasteiger partial charge on any atom is 0.129 e. The fourth-order valence-electron chi connectivity index (χ4n) is 2.89. The van der Waals surface area contributed by atoms with E-state index in [2.05, 4.69) is 18.8 Å². The molecule has 1 aliphatic rings. The summed E-state index contributed by atoms with van der Waals surface area (Å²) in [4.78, 5) is 4.33. The van der Waals surface area contributed by atoms with Crippen LogP contribution in [0.1, 0.15) is 26.7 Å². The lowest BCUT2D eigenvalue weighted by Crippen LogP contribution is -2.35. The van der Waals surface area contributed by atoms with Crippen LogP contribution in [0.5, 0.6) is 5.75 Å². The van der Waals surface area contributed by atoms with E-state index in [1.807, 2.05) is 24.3 Å². The third-order valence-corrected chi connectivity index (χ3v) is 3.71. The largest absolute Gasteiger partial charge is 0.490 e. The summed E-state index contributed by atoms with van der Waals surface area (Å²) in [5.74, 6) is 0.855. The average Bonchev–Trinajstić information content (AvgIpc) is 2.41. The van der Waals surface area contributed by atoms with E-state index in [9.17, 15) is 0 Å². The minimum absolute atomic E-state index is 0.181. The number of anilines is 1. The Hall–Kier alpha value is -1.81. The van der Waals surface area contributed by atoms with Crippen LogP contribution in [0.4, 0.5) is 5.69 Å². The number of rotatable bonds is 2. The Morgan fingerprint density at radius 3 is 2.70 bits per heavy atom. The number of fused-ring (bicyclic) bond motifs is 1. The number of nitrogens with two attached hydrogens (primary N) is 1. The van der Waals surface area contributed by atoms with Gasteiger partial charge in [0, 0.05) is 24.4 Å². The maximum absolute atomic E-state index is 6.19. The molecule has 1 aromatic heterocycles. The molecule has 0 bridgehead atoms. The number of pyridine rings is 1. The third-order valence-electron chi connectivity index (χ3n) is 3.71. The zero-order chi connectivity index (χ0) is 14.1. The quantitative estimate of drug-likeness (QED) is 0.853. The molecule has 4 heteroatoms. The molecule has 1 saturated heterocycles. The zero-order valence-corrected chi connectivity index (χ0v) is 11.9. The summed E-state index contributed by atoms with van der Waals surface area (Å²) in [5.41, 5.74) is 7.45. The van der Waals surface area contributed by atoms with Crippen LogP contribution < -0.4 is 10.5 Å². The van der Waals surface area contributed by atoms with Crippen molar-refractivity contribution in [2.24, 2.45) is 0 Å². The summed E-state index contributed by atoms with van der Waals surface area (Å²) in [6, 6.07) is 7.70.